The third-order valence-electron chi connectivity index (χ3n) is 3.00. The van der Waals surface area contributed by atoms with Gasteiger partial charge in [-0.1, -0.05) is 13.0 Å². The van der Waals surface area contributed by atoms with E-state index >= 15 is 0 Å². The minimum Gasteiger partial charge on any atom is -0.466 e. The molecule has 0 spiro atoms. The molecule has 0 bridgehead atoms. The van der Waals surface area contributed by atoms with Crippen molar-refractivity contribution in [2.75, 3.05) is 12.4 Å². The molecule has 19 heavy (non-hydrogen) atoms. The van der Waals surface area contributed by atoms with Crippen molar-refractivity contribution in [3.8, 4) is 0 Å². The molecule has 1 unspecified atom stereocenters. The molecular weight excluding hydrogens is 264 g/mol. The van der Waals surface area contributed by atoms with Gasteiger partial charge in [-0.25, -0.2) is 8.42 Å². The molecule has 0 heterocycles. The Balaban J connectivity index is 2.92. The lowest BCUT2D eigenvalue weighted by Crippen LogP contribution is -2.23. The molecule has 0 N–H and O–H groups in total. The summed E-state index contributed by atoms with van der Waals surface area (Å²) in [6.07, 6.45) is 0. The van der Waals surface area contributed by atoms with Crippen LogP contribution in [0.15, 0.2) is 23.1 Å². The van der Waals surface area contributed by atoms with Gasteiger partial charge in [0, 0.05) is 0 Å². The summed E-state index contributed by atoms with van der Waals surface area (Å²) >= 11 is 0. The highest BCUT2D eigenvalue weighted by Crippen LogP contribution is 2.18. The third kappa shape index (κ3) is 4.06. The second-order valence-electron chi connectivity index (χ2n) is 4.68. The van der Waals surface area contributed by atoms with Gasteiger partial charge in [0.25, 0.3) is 0 Å². The molecule has 0 aliphatic carbocycles. The van der Waals surface area contributed by atoms with Crippen LogP contribution < -0.4 is 0 Å². The van der Waals surface area contributed by atoms with E-state index in [1.807, 2.05) is 13.8 Å². The molecule has 0 aliphatic heterocycles. The molecular formula is C14H20O4S. The fourth-order valence-corrected chi connectivity index (χ4v) is 3.30. The average molecular weight is 284 g/mol. The summed E-state index contributed by atoms with van der Waals surface area (Å²) in [5.74, 6) is -1.37. The normalized spacial score (nSPS) is 13.1. The number of esters is 1. The fraction of sp³-hybridized carbons (Fsp3) is 0.500. The Bertz CT molecular complexity index is 561. The van der Waals surface area contributed by atoms with Crippen LogP contribution in [0.5, 0.6) is 0 Å². The van der Waals surface area contributed by atoms with Gasteiger partial charge in [0.05, 0.1) is 23.2 Å². The lowest BCUT2D eigenvalue weighted by molar-refractivity contribution is -0.146. The molecule has 1 aromatic rings. The number of aryl methyl sites for hydroxylation is 2. The zero-order valence-corrected chi connectivity index (χ0v) is 12.6. The topological polar surface area (TPSA) is 60.4 Å². The standard InChI is InChI=1S/C14H20O4S/c1-5-18-14(15)12(4)9-19(16,17)13-7-6-10(2)11(3)8-13/h6-8,12H,5,9H2,1-4H3. The van der Waals surface area contributed by atoms with Crippen LogP contribution in [0.1, 0.15) is 25.0 Å². The van der Waals surface area contributed by atoms with Crippen LogP contribution in [-0.4, -0.2) is 26.7 Å². The molecule has 0 saturated carbocycles. The molecule has 0 saturated heterocycles. The SMILES string of the molecule is CCOC(=O)C(C)CS(=O)(=O)c1ccc(C)c(C)c1. The highest BCUT2D eigenvalue weighted by Gasteiger charge is 2.24. The molecule has 0 aromatic heterocycles. The first-order valence-electron chi connectivity index (χ1n) is 6.24. The van der Waals surface area contributed by atoms with Gasteiger partial charge in [-0.15, -0.1) is 0 Å². The molecule has 0 aliphatic rings. The van der Waals surface area contributed by atoms with Crippen LogP contribution in [0.4, 0.5) is 0 Å². The highest BCUT2D eigenvalue weighted by molar-refractivity contribution is 7.91. The highest BCUT2D eigenvalue weighted by atomic mass is 32.2. The zero-order chi connectivity index (χ0) is 14.6. The Hall–Kier alpha value is -1.36. The Morgan fingerprint density at radius 2 is 1.89 bits per heavy atom. The van der Waals surface area contributed by atoms with Crippen LogP contribution in [0.3, 0.4) is 0 Å². The van der Waals surface area contributed by atoms with Crippen LogP contribution in [0.2, 0.25) is 0 Å². The summed E-state index contributed by atoms with van der Waals surface area (Å²) in [5, 5.41) is 0. The minimum atomic E-state index is -3.46. The van der Waals surface area contributed by atoms with Gasteiger partial charge in [-0.05, 0) is 44.0 Å². The van der Waals surface area contributed by atoms with Gasteiger partial charge < -0.3 is 4.74 Å². The summed E-state index contributed by atoms with van der Waals surface area (Å²) in [7, 11) is -3.46. The molecule has 1 aromatic carbocycles. The van der Waals surface area contributed by atoms with E-state index < -0.39 is 21.7 Å². The van der Waals surface area contributed by atoms with E-state index in [1.165, 1.54) is 0 Å². The fourth-order valence-electron chi connectivity index (χ4n) is 1.69. The maximum atomic E-state index is 12.2. The molecule has 0 fully saturated rings. The number of sulfone groups is 1. The summed E-state index contributed by atoms with van der Waals surface area (Å²) in [5.41, 5.74) is 1.96. The van der Waals surface area contributed by atoms with Gasteiger partial charge in [0.15, 0.2) is 9.84 Å². The first-order chi connectivity index (χ1) is 8.77. The molecule has 0 radical (unpaired) electrons. The van der Waals surface area contributed by atoms with E-state index in [0.29, 0.717) is 0 Å². The number of benzene rings is 1. The summed E-state index contributed by atoms with van der Waals surface area (Å²) in [4.78, 5) is 11.7. The Morgan fingerprint density at radius 1 is 1.26 bits per heavy atom. The van der Waals surface area contributed by atoms with Crippen molar-refractivity contribution >= 4 is 15.8 Å². The maximum absolute atomic E-state index is 12.2. The quantitative estimate of drug-likeness (QED) is 0.778. The number of carbonyl (C=O) groups excluding carboxylic acids is 1. The van der Waals surface area contributed by atoms with Crippen molar-refractivity contribution in [3.05, 3.63) is 29.3 Å². The second-order valence-corrected chi connectivity index (χ2v) is 6.71. The van der Waals surface area contributed by atoms with Crippen molar-refractivity contribution in [3.63, 3.8) is 0 Å². The number of ether oxygens (including phenoxy) is 1. The lowest BCUT2D eigenvalue weighted by Gasteiger charge is -2.12. The lowest BCUT2D eigenvalue weighted by atomic mass is 10.1. The van der Waals surface area contributed by atoms with E-state index in [1.54, 1.807) is 32.0 Å². The van der Waals surface area contributed by atoms with Crippen molar-refractivity contribution < 1.29 is 17.9 Å². The molecule has 4 nitrogen and oxygen atoms in total. The number of carbonyl (C=O) groups is 1. The largest absolute Gasteiger partial charge is 0.466 e. The molecule has 1 atom stereocenters. The van der Waals surface area contributed by atoms with Crippen molar-refractivity contribution in [1.29, 1.82) is 0 Å². The van der Waals surface area contributed by atoms with Gasteiger partial charge in [-0.3, -0.25) is 4.79 Å². The van der Waals surface area contributed by atoms with E-state index in [9.17, 15) is 13.2 Å². The van der Waals surface area contributed by atoms with Crippen LogP contribution in [-0.2, 0) is 19.4 Å². The van der Waals surface area contributed by atoms with Gasteiger partial charge in [0.1, 0.15) is 0 Å². The van der Waals surface area contributed by atoms with E-state index in [4.69, 9.17) is 4.74 Å². The number of hydrogen-bond acceptors (Lipinski definition) is 4. The van der Waals surface area contributed by atoms with E-state index in [0.717, 1.165) is 11.1 Å². The second kappa shape index (κ2) is 6.19. The van der Waals surface area contributed by atoms with Gasteiger partial charge in [0.2, 0.25) is 0 Å². The number of rotatable bonds is 5. The third-order valence-corrected chi connectivity index (χ3v) is 4.91. The maximum Gasteiger partial charge on any atom is 0.309 e. The summed E-state index contributed by atoms with van der Waals surface area (Å²) in [6, 6.07) is 5.00. The Kier molecular flexibility index (Phi) is 5.11. The molecule has 1 rings (SSSR count). The zero-order valence-electron chi connectivity index (χ0n) is 11.8. The van der Waals surface area contributed by atoms with Gasteiger partial charge >= 0.3 is 5.97 Å². The Labute approximate surface area is 114 Å². The predicted octanol–water partition coefficient (Wildman–Crippen LogP) is 2.28. The van der Waals surface area contributed by atoms with Crippen LogP contribution in [0, 0.1) is 19.8 Å². The molecule has 5 heteroatoms. The average Bonchev–Trinajstić information content (AvgIpc) is 2.32. The monoisotopic (exact) mass is 284 g/mol. The van der Waals surface area contributed by atoms with E-state index in [-0.39, 0.29) is 17.3 Å². The molecule has 106 valence electrons. The van der Waals surface area contributed by atoms with Crippen LogP contribution >= 0.6 is 0 Å². The number of hydrogen-bond donors (Lipinski definition) is 0. The van der Waals surface area contributed by atoms with Crippen molar-refractivity contribution in [1.82, 2.24) is 0 Å². The van der Waals surface area contributed by atoms with Crippen LogP contribution in [0.25, 0.3) is 0 Å². The minimum absolute atomic E-state index is 0.228. The Morgan fingerprint density at radius 3 is 2.42 bits per heavy atom. The van der Waals surface area contributed by atoms with E-state index in [2.05, 4.69) is 0 Å². The summed E-state index contributed by atoms with van der Waals surface area (Å²) in [6.45, 7) is 7.31. The van der Waals surface area contributed by atoms with Crippen molar-refractivity contribution in [2.24, 2.45) is 5.92 Å². The first kappa shape index (κ1) is 15.7. The smallest absolute Gasteiger partial charge is 0.309 e. The first-order valence-corrected chi connectivity index (χ1v) is 7.89. The summed E-state index contributed by atoms with van der Waals surface area (Å²) < 4.78 is 29.2. The predicted molar refractivity (Wildman–Crippen MR) is 73.8 cm³/mol. The molecule has 0 amide bonds. The van der Waals surface area contributed by atoms with Crippen molar-refractivity contribution in [2.45, 2.75) is 32.6 Å². The van der Waals surface area contributed by atoms with Gasteiger partial charge in [-0.2, -0.15) is 0 Å².